The minimum absolute atomic E-state index is 0.142. The fraction of sp³-hybridized carbons (Fsp3) is 0.950. The molecule has 3 rings (SSSR count). The molecule has 0 heterocycles. The molecule has 1 nitrogen and oxygen atoms in total. The highest BCUT2D eigenvalue weighted by atomic mass is 19.1. The molecule has 3 aliphatic rings. The van der Waals surface area contributed by atoms with Crippen molar-refractivity contribution >= 4 is 6.29 Å². The first kappa shape index (κ1) is 16.5. The van der Waals surface area contributed by atoms with Gasteiger partial charge in [0.1, 0.15) is 6.29 Å². The lowest BCUT2D eigenvalue weighted by Gasteiger charge is -2.54. The Balaban J connectivity index is 1.80. The maximum atomic E-state index is 12.9. The van der Waals surface area contributed by atoms with E-state index in [4.69, 9.17) is 0 Å². The van der Waals surface area contributed by atoms with E-state index in [1.807, 2.05) is 0 Å². The number of hydrogen-bond acceptors (Lipinski definition) is 1. The van der Waals surface area contributed by atoms with Gasteiger partial charge in [-0.2, -0.15) is 0 Å². The van der Waals surface area contributed by atoms with Crippen molar-refractivity contribution in [1.82, 2.24) is 0 Å². The van der Waals surface area contributed by atoms with E-state index in [9.17, 15) is 9.18 Å². The lowest BCUT2D eigenvalue weighted by atomic mass is 9.51. The van der Waals surface area contributed by atoms with Crippen LogP contribution in [0.2, 0.25) is 0 Å². The van der Waals surface area contributed by atoms with E-state index in [2.05, 4.69) is 13.8 Å². The molecule has 7 atom stereocenters. The van der Waals surface area contributed by atoms with Crippen LogP contribution in [0.1, 0.15) is 71.6 Å². The first-order valence-corrected chi connectivity index (χ1v) is 9.67. The van der Waals surface area contributed by atoms with Gasteiger partial charge in [0.15, 0.2) is 0 Å². The molecule has 3 fully saturated rings. The van der Waals surface area contributed by atoms with Crippen molar-refractivity contribution in [2.24, 2.45) is 40.9 Å². The second-order valence-electron chi connectivity index (χ2n) is 8.57. The van der Waals surface area contributed by atoms with E-state index >= 15 is 0 Å². The van der Waals surface area contributed by atoms with Crippen LogP contribution in [0.5, 0.6) is 0 Å². The highest BCUT2D eigenvalue weighted by Crippen LogP contribution is 2.63. The normalized spacial score (nSPS) is 47.8. The summed E-state index contributed by atoms with van der Waals surface area (Å²) in [7, 11) is 0. The van der Waals surface area contributed by atoms with Gasteiger partial charge in [0.2, 0.25) is 0 Å². The van der Waals surface area contributed by atoms with Gasteiger partial charge in [-0.05, 0) is 80.0 Å². The number of rotatable bonds is 5. The Morgan fingerprint density at radius 1 is 1.09 bits per heavy atom. The molecule has 0 aromatic rings. The van der Waals surface area contributed by atoms with E-state index in [-0.39, 0.29) is 12.1 Å². The summed E-state index contributed by atoms with van der Waals surface area (Å²) in [6.07, 6.45) is 12.0. The second-order valence-corrected chi connectivity index (χ2v) is 8.57. The summed E-state index contributed by atoms with van der Waals surface area (Å²) in [5.74, 6) is 4.06. The fourth-order valence-corrected chi connectivity index (χ4v) is 6.78. The Hall–Kier alpha value is -0.400. The van der Waals surface area contributed by atoms with Gasteiger partial charge in [-0.1, -0.05) is 26.7 Å². The largest absolute Gasteiger partial charge is 0.303 e. The standard InChI is InChI=1S/C20H33FO/c1-3-4-16-14(10-12-21)5-7-18-17(16)9-11-20(2)15(13-22)6-8-19(18)20/h13-19H,3-12H2,1-2H3. The summed E-state index contributed by atoms with van der Waals surface area (Å²) in [6, 6.07) is 0. The molecular weight excluding hydrogens is 275 g/mol. The number of hydrogen-bond donors (Lipinski definition) is 0. The molecule has 0 spiro atoms. The minimum atomic E-state index is -0.142. The van der Waals surface area contributed by atoms with Gasteiger partial charge in [0.05, 0.1) is 6.67 Å². The van der Waals surface area contributed by atoms with Crippen LogP contribution in [0.3, 0.4) is 0 Å². The SMILES string of the molecule is CCCC1C(CCF)CCC2C1CCC1(C)C(C=O)CCC21. The van der Waals surface area contributed by atoms with Crippen LogP contribution in [0, 0.1) is 40.9 Å². The number of carbonyl (C=O) groups excluding carboxylic acids is 1. The van der Waals surface area contributed by atoms with E-state index in [1.165, 1.54) is 51.2 Å². The van der Waals surface area contributed by atoms with Crippen molar-refractivity contribution in [3.63, 3.8) is 0 Å². The third-order valence-electron chi connectivity index (χ3n) is 7.86. The maximum absolute atomic E-state index is 12.9. The Kier molecular flexibility index (Phi) is 4.95. The number of halogens is 1. The molecule has 7 unspecified atom stereocenters. The lowest BCUT2D eigenvalue weighted by Crippen LogP contribution is -2.47. The van der Waals surface area contributed by atoms with Gasteiger partial charge < -0.3 is 4.79 Å². The molecule has 0 aromatic carbocycles. The zero-order valence-corrected chi connectivity index (χ0v) is 14.4. The molecule has 0 N–H and O–H groups in total. The Morgan fingerprint density at radius 2 is 1.91 bits per heavy atom. The molecule has 0 aromatic heterocycles. The first-order chi connectivity index (χ1) is 10.7. The minimum Gasteiger partial charge on any atom is -0.303 e. The predicted octanol–water partition coefficient (Wildman–Crippen LogP) is 5.43. The van der Waals surface area contributed by atoms with Crippen LogP contribution in [-0.4, -0.2) is 13.0 Å². The highest BCUT2D eigenvalue weighted by Gasteiger charge is 2.56. The summed E-state index contributed by atoms with van der Waals surface area (Å²) in [5, 5.41) is 0. The summed E-state index contributed by atoms with van der Waals surface area (Å²) in [4.78, 5) is 11.5. The lowest BCUT2D eigenvalue weighted by molar-refractivity contribution is -0.118. The van der Waals surface area contributed by atoms with Gasteiger partial charge in [-0.25, -0.2) is 0 Å². The molecule has 3 aliphatic carbocycles. The third kappa shape index (κ3) is 2.55. The second kappa shape index (κ2) is 6.61. The molecule has 3 saturated carbocycles. The van der Waals surface area contributed by atoms with E-state index < -0.39 is 0 Å². The van der Waals surface area contributed by atoms with Crippen LogP contribution < -0.4 is 0 Å². The quantitative estimate of drug-likeness (QED) is 0.619. The molecule has 0 saturated heterocycles. The number of aldehydes is 1. The number of carbonyl (C=O) groups is 1. The molecule has 0 aliphatic heterocycles. The zero-order chi connectivity index (χ0) is 15.7. The zero-order valence-electron chi connectivity index (χ0n) is 14.4. The average Bonchev–Trinajstić information content (AvgIpc) is 2.86. The molecule has 0 radical (unpaired) electrons. The summed E-state index contributed by atoms with van der Waals surface area (Å²) >= 11 is 0. The van der Waals surface area contributed by atoms with Gasteiger partial charge in [0, 0.05) is 5.92 Å². The summed E-state index contributed by atoms with van der Waals surface area (Å²) < 4.78 is 12.9. The van der Waals surface area contributed by atoms with Crippen molar-refractivity contribution < 1.29 is 9.18 Å². The van der Waals surface area contributed by atoms with E-state index in [0.717, 1.165) is 36.5 Å². The van der Waals surface area contributed by atoms with Crippen molar-refractivity contribution in [3.05, 3.63) is 0 Å². The Labute approximate surface area is 135 Å². The molecule has 0 bridgehead atoms. The monoisotopic (exact) mass is 308 g/mol. The van der Waals surface area contributed by atoms with Crippen molar-refractivity contribution in [1.29, 1.82) is 0 Å². The van der Waals surface area contributed by atoms with Gasteiger partial charge in [-0.3, -0.25) is 4.39 Å². The van der Waals surface area contributed by atoms with Gasteiger partial charge in [0.25, 0.3) is 0 Å². The molecule has 126 valence electrons. The maximum Gasteiger partial charge on any atom is 0.123 e. The Morgan fingerprint density at radius 3 is 2.59 bits per heavy atom. The third-order valence-corrected chi connectivity index (χ3v) is 7.86. The van der Waals surface area contributed by atoms with E-state index in [0.29, 0.717) is 11.8 Å². The average molecular weight is 308 g/mol. The Bertz CT molecular complexity index is 395. The molecule has 0 amide bonds. The van der Waals surface area contributed by atoms with Crippen molar-refractivity contribution in [2.75, 3.05) is 6.67 Å². The van der Waals surface area contributed by atoms with Crippen LogP contribution in [-0.2, 0) is 4.79 Å². The fourth-order valence-electron chi connectivity index (χ4n) is 6.78. The predicted molar refractivity (Wildman–Crippen MR) is 88.3 cm³/mol. The number of fused-ring (bicyclic) bond motifs is 3. The van der Waals surface area contributed by atoms with Crippen LogP contribution in [0.25, 0.3) is 0 Å². The summed E-state index contributed by atoms with van der Waals surface area (Å²) in [6.45, 7) is 4.53. The van der Waals surface area contributed by atoms with Crippen LogP contribution >= 0.6 is 0 Å². The van der Waals surface area contributed by atoms with Crippen molar-refractivity contribution in [3.8, 4) is 0 Å². The summed E-state index contributed by atoms with van der Waals surface area (Å²) in [5.41, 5.74) is 0.270. The molecule has 2 heteroatoms. The topological polar surface area (TPSA) is 17.1 Å². The van der Waals surface area contributed by atoms with E-state index in [1.54, 1.807) is 0 Å². The highest BCUT2D eigenvalue weighted by molar-refractivity contribution is 5.56. The van der Waals surface area contributed by atoms with Gasteiger partial charge >= 0.3 is 0 Å². The van der Waals surface area contributed by atoms with Crippen LogP contribution in [0.4, 0.5) is 4.39 Å². The van der Waals surface area contributed by atoms with Gasteiger partial charge in [-0.15, -0.1) is 0 Å². The first-order valence-electron chi connectivity index (χ1n) is 9.67. The molecule has 22 heavy (non-hydrogen) atoms. The smallest absolute Gasteiger partial charge is 0.123 e. The van der Waals surface area contributed by atoms with Crippen LogP contribution in [0.15, 0.2) is 0 Å². The molecular formula is C20H33FO. The van der Waals surface area contributed by atoms with Crippen molar-refractivity contribution in [2.45, 2.75) is 71.6 Å². The number of alkyl halides is 1.